The molecule has 90 valence electrons. The molecule has 0 spiro atoms. The lowest BCUT2D eigenvalue weighted by atomic mass is 10.1. The molecule has 2 aromatic rings. The van der Waals surface area contributed by atoms with E-state index in [1.54, 1.807) is 12.1 Å². The summed E-state index contributed by atoms with van der Waals surface area (Å²) in [6, 6.07) is 15.3. The first kappa shape index (κ1) is 12.2. The second-order valence-corrected chi connectivity index (χ2v) is 4.18. The van der Waals surface area contributed by atoms with E-state index < -0.39 is 0 Å². The first-order valence-electron chi connectivity index (χ1n) is 6.00. The SMILES string of the molecule is CCc1cc(Oc2cccc(C#N)c2)ccc1C. The van der Waals surface area contributed by atoms with E-state index in [0.29, 0.717) is 11.3 Å². The highest BCUT2D eigenvalue weighted by atomic mass is 16.5. The third kappa shape index (κ3) is 2.70. The monoisotopic (exact) mass is 237 g/mol. The van der Waals surface area contributed by atoms with Crippen molar-refractivity contribution < 1.29 is 4.74 Å². The van der Waals surface area contributed by atoms with E-state index in [9.17, 15) is 0 Å². The molecule has 0 radical (unpaired) electrons. The Kier molecular flexibility index (Phi) is 3.64. The molecule has 0 bridgehead atoms. The zero-order valence-corrected chi connectivity index (χ0v) is 10.6. The van der Waals surface area contributed by atoms with Gasteiger partial charge < -0.3 is 4.74 Å². The van der Waals surface area contributed by atoms with Gasteiger partial charge in [-0.2, -0.15) is 5.26 Å². The van der Waals surface area contributed by atoms with Crippen molar-refractivity contribution in [2.75, 3.05) is 0 Å². The van der Waals surface area contributed by atoms with Gasteiger partial charge in [-0.05, 0) is 54.8 Å². The van der Waals surface area contributed by atoms with Crippen LogP contribution in [0.15, 0.2) is 42.5 Å². The van der Waals surface area contributed by atoms with Crippen LogP contribution in [0, 0.1) is 18.3 Å². The van der Waals surface area contributed by atoms with Crippen LogP contribution < -0.4 is 4.74 Å². The molecule has 0 saturated carbocycles. The van der Waals surface area contributed by atoms with Crippen molar-refractivity contribution in [3.8, 4) is 17.6 Å². The van der Waals surface area contributed by atoms with Crippen molar-refractivity contribution in [3.63, 3.8) is 0 Å². The van der Waals surface area contributed by atoms with Crippen LogP contribution in [0.2, 0.25) is 0 Å². The van der Waals surface area contributed by atoms with Gasteiger partial charge in [-0.1, -0.05) is 19.1 Å². The maximum atomic E-state index is 8.84. The molecule has 0 aliphatic carbocycles. The summed E-state index contributed by atoms with van der Waals surface area (Å²) < 4.78 is 5.77. The number of hydrogen-bond donors (Lipinski definition) is 0. The van der Waals surface area contributed by atoms with Gasteiger partial charge in [0.05, 0.1) is 11.6 Å². The Bertz CT molecular complexity index is 596. The summed E-state index contributed by atoms with van der Waals surface area (Å²) in [4.78, 5) is 0. The fourth-order valence-corrected chi connectivity index (χ4v) is 1.86. The van der Waals surface area contributed by atoms with Crippen LogP contribution in [-0.4, -0.2) is 0 Å². The number of hydrogen-bond acceptors (Lipinski definition) is 2. The molecule has 0 amide bonds. The van der Waals surface area contributed by atoms with Gasteiger partial charge in [0.25, 0.3) is 0 Å². The molecule has 0 N–H and O–H groups in total. The topological polar surface area (TPSA) is 33.0 Å². The highest BCUT2D eigenvalue weighted by Crippen LogP contribution is 2.24. The van der Waals surface area contributed by atoms with Gasteiger partial charge in [-0.15, -0.1) is 0 Å². The highest BCUT2D eigenvalue weighted by Gasteiger charge is 2.02. The summed E-state index contributed by atoms with van der Waals surface area (Å²) in [5, 5.41) is 8.84. The van der Waals surface area contributed by atoms with Crippen LogP contribution in [0.4, 0.5) is 0 Å². The zero-order chi connectivity index (χ0) is 13.0. The molecule has 18 heavy (non-hydrogen) atoms. The summed E-state index contributed by atoms with van der Waals surface area (Å²) in [7, 11) is 0. The second kappa shape index (κ2) is 5.37. The second-order valence-electron chi connectivity index (χ2n) is 4.18. The molecule has 0 aromatic heterocycles. The van der Waals surface area contributed by atoms with Gasteiger partial charge in [-0.25, -0.2) is 0 Å². The number of nitrogens with zero attached hydrogens (tertiary/aromatic N) is 1. The average Bonchev–Trinajstić information content (AvgIpc) is 2.41. The number of rotatable bonds is 3. The number of ether oxygens (including phenoxy) is 1. The first-order chi connectivity index (χ1) is 8.72. The Morgan fingerprint density at radius 1 is 1.11 bits per heavy atom. The smallest absolute Gasteiger partial charge is 0.128 e. The Balaban J connectivity index is 2.26. The van der Waals surface area contributed by atoms with Crippen LogP contribution >= 0.6 is 0 Å². The number of aryl methyl sites for hydroxylation is 2. The van der Waals surface area contributed by atoms with Crippen molar-refractivity contribution in [1.82, 2.24) is 0 Å². The molecule has 0 unspecified atom stereocenters. The predicted octanol–water partition coefficient (Wildman–Crippen LogP) is 4.22. The van der Waals surface area contributed by atoms with Crippen LogP contribution in [0.25, 0.3) is 0 Å². The van der Waals surface area contributed by atoms with Gasteiger partial charge in [0, 0.05) is 0 Å². The summed E-state index contributed by atoms with van der Waals surface area (Å²) in [5.74, 6) is 1.51. The number of benzene rings is 2. The quantitative estimate of drug-likeness (QED) is 0.800. The highest BCUT2D eigenvalue weighted by molar-refractivity contribution is 5.41. The van der Waals surface area contributed by atoms with E-state index in [-0.39, 0.29) is 0 Å². The molecule has 0 saturated heterocycles. The maximum Gasteiger partial charge on any atom is 0.128 e. The molecule has 2 rings (SSSR count). The van der Waals surface area contributed by atoms with Crippen LogP contribution in [0.1, 0.15) is 23.6 Å². The fourth-order valence-electron chi connectivity index (χ4n) is 1.86. The lowest BCUT2D eigenvalue weighted by Gasteiger charge is -2.09. The first-order valence-corrected chi connectivity index (χ1v) is 6.00. The molecular formula is C16H15NO. The van der Waals surface area contributed by atoms with Crippen molar-refractivity contribution >= 4 is 0 Å². The third-order valence-electron chi connectivity index (χ3n) is 2.90. The maximum absolute atomic E-state index is 8.84. The van der Waals surface area contributed by atoms with Crippen LogP contribution in [0.3, 0.4) is 0 Å². The molecule has 0 aliphatic heterocycles. The van der Waals surface area contributed by atoms with Gasteiger partial charge in [0.1, 0.15) is 11.5 Å². The molecular weight excluding hydrogens is 222 g/mol. The predicted molar refractivity (Wildman–Crippen MR) is 71.8 cm³/mol. The van der Waals surface area contributed by atoms with Crippen molar-refractivity contribution in [3.05, 3.63) is 59.2 Å². The summed E-state index contributed by atoms with van der Waals surface area (Å²) in [6.45, 7) is 4.22. The minimum atomic E-state index is 0.607. The Hall–Kier alpha value is -2.27. The molecule has 0 atom stereocenters. The van der Waals surface area contributed by atoms with Crippen LogP contribution in [-0.2, 0) is 6.42 Å². The lowest BCUT2D eigenvalue weighted by molar-refractivity contribution is 0.481. The van der Waals surface area contributed by atoms with Gasteiger partial charge in [0.2, 0.25) is 0 Å². The van der Waals surface area contributed by atoms with E-state index in [2.05, 4.69) is 26.0 Å². The minimum absolute atomic E-state index is 0.607. The van der Waals surface area contributed by atoms with E-state index in [0.717, 1.165) is 12.2 Å². The normalized spacial score (nSPS) is 9.83. The van der Waals surface area contributed by atoms with Crippen LogP contribution in [0.5, 0.6) is 11.5 Å². The van der Waals surface area contributed by atoms with Gasteiger partial charge >= 0.3 is 0 Å². The van der Waals surface area contributed by atoms with E-state index in [4.69, 9.17) is 10.00 Å². The number of nitriles is 1. The molecule has 0 heterocycles. The molecule has 0 aliphatic rings. The standard InChI is InChI=1S/C16H15NO/c1-3-14-10-16(8-7-12(14)2)18-15-6-4-5-13(9-15)11-17/h4-10H,3H2,1-2H3. The molecule has 2 heteroatoms. The molecule has 0 fully saturated rings. The van der Waals surface area contributed by atoms with Crippen molar-refractivity contribution in [2.24, 2.45) is 0 Å². The average molecular weight is 237 g/mol. The zero-order valence-electron chi connectivity index (χ0n) is 10.6. The molecule has 2 nitrogen and oxygen atoms in total. The Morgan fingerprint density at radius 2 is 1.89 bits per heavy atom. The van der Waals surface area contributed by atoms with E-state index in [1.165, 1.54) is 11.1 Å². The molecule has 2 aromatic carbocycles. The van der Waals surface area contributed by atoms with Gasteiger partial charge in [-0.3, -0.25) is 0 Å². The van der Waals surface area contributed by atoms with Gasteiger partial charge in [0.15, 0.2) is 0 Å². The summed E-state index contributed by atoms with van der Waals surface area (Å²) >= 11 is 0. The van der Waals surface area contributed by atoms with Crippen molar-refractivity contribution in [1.29, 1.82) is 5.26 Å². The third-order valence-corrected chi connectivity index (χ3v) is 2.90. The van der Waals surface area contributed by atoms with E-state index >= 15 is 0 Å². The largest absolute Gasteiger partial charge is 0.457 e. The van der Waals surface area contributed by atoms with Crippen molar-refractivity contribution in [2.45, 2.75) is 20.3 Å². The fraction of sp³-hybridized carbons (Fsp3) is 0.188. The van der Waals surface area contributed by atoms with E-state index in [1.807, 2.05) is 24.3 Å². The summed E-state index contributed by atoms with van der Waals surface area (Å²) in [5.41, 5.74) is 3.16. The Morgan fingerprint density at radius 3 is 2.61 bits per heavy atom. The summed E-state index contributed by atoms with van der Waals surface area (Å²) in [6.07, 6.45) is 0.987. The lowest BCUT2D eigenvalue weighted by Crippen LogP contribution is -1.90. The Labute approximate surface area is 107 Å². The minimum Gasteiger partial charge on any atom is -0.457 e.